The van der Waals surface area contributed by atoms with Gasteiger partial charge in [0.1, 0.15) is 5.75 Å². The summed E-state index contributed by atoms with van der Waals surface area (Å²) in [7, 11) is 1.54. The number of aromatic nitrogens is 2. The summed E-state index contributed by atoms with van der Waals surface area (Å²) in [5, 5.41) is 0.644. The van der Waals surface area contributed by atoms with Gasteiger partial charge in [0, 0.05) is 18.7 Å². The Morgan fingerprint density at radius 2 is 1.81 bits per heavy atom. The van der Waals surface area contributed by atoms with Crippen LogP contribution in [0.3, 0.4) is 0 Å². The zero-order valence-electron chi connectivity index (χ0n) is 17.0. The first kappa shape index (κ1) is 20.9. The van der Waals surface area contributed by atoms with Crippen LogP contribution in [0.4, 0.5) is 0 Å². The number of rotatable bonds is 6. The predicted molar refractivity (Wildman–Crippen MR) is 119 cm³/mol. The Labute approximate surface area is 183 Å². The molecule has 31 heavy (non-hydrogen) atoms. The molecule has 2 amide bonds. The van der Waals surface area contributed by atoms with Crippen molar-refractivity contribution in [2.45, 2.75) is 18.0 Å². The number of para-hydroxylation sites is 1. The Morgan fingerprint density at radius 3 is 2.52 bits per heavy atom. The van der Waals surface area contributed by atoms with E-state index < -0.39 is 11.5 Å². The number of hydrogen-bond donors (Lipinski definition) is 1. The van der Waals surface area contributed by atoms with Crippen LogP contribution in [0.1, 0.15) is 23.2 Å². The molecule has 1 aliphatic heterocycles. The minimum absolute atomic E-state index is 0.00191. The molecule has 0 spiro atoms. The van der Waals surface area contributed by atoms with Crippen molar-refractivity contribution in [1.29, 1.82) is 0 Å². The van der Waals surface area contributed by atoms with Crippen molar-refractivity contribution >= 4 is 34.5 Å². The Kier molecular flexibility index (Phi) is 6.22. The van der Waals surface area contributed by atoms with Gasteiger partial charge in [0.05, 0.1) is 23.8 Å². The topological polar surface area (TPSA) is 93.5 Å². The summed E-state index contributed by atoms with van der Waals surface area (Å²) >= 11 is 1.14. The van der Waals surface area contributed by atoms with Crippen LogP contribution in [0.25, 0.3) is 10.9 Å². The second kappa shape index (κ2) is 9.22. The van der Waals surface area contributed by atoms with E-state index in [-0.39, 0.29) is 16.8 Å². The SMILES string of the molecule is COc1ccc(C(=O)Nn2c(SCC(=O)N3CCCC3)nc3ccccc3c2=O)cc1. The molecule has 1 N–H and O–H groups in total. The van der Waals surface area contributed by atoms with E-state index in [9.17, 15) is 14.4 Å². The maximum absolute atomic E-state index is 13.1. The lowest BCUT2D eigenvalue weighted by atomic mass is 10.2. The van der Waals surface area contributed by atoms with Gasteiger partial charge < -0.3 is 9.64 Å². The lowest BCUT2D eigenvalue weighted by Gasteiger charge is -2.17. The van der Waals surface area contributed by atoms with Crippen LogP contribution in [0.15, 0.2) is 58.5 Å². The lowest BCUT2D eigenvalue weighted by Crippen LogP contribution is -2.35. The molecule has 2 heterocycles. The molecule has 1 fully saturated rings. The molecule has 4 rings (SSSR count). The molecule has 8 nitrogen and oxygen atoms in total. The monoisotopic (exact) mass is 438 g/mol. The lowest BCUT2D eigenvalue weighted by molar-refractivity contribution is -0.127. The molecule has 1 aromatic heterocycles. The summed E-state index contributed by atoms with van der Waals surface area (Å²) in [6.07, 6.45) is 2.01. The first-order chi connectivity index (χ1) is 15.1. The number of amides is 2. The van der Waals surface area contributed by atoms with Crippen LogP contribution in [-0.2, 0) is 4.79 Å². The third-order valence-electron chi connectivity index (χ3n) is 5.09. The normalized spacial score (nSPS) is 13.4. The van der Waals surface area contributed by atoms with E-state index >= 15 is 0 Å². The largest absolute Gasteiger partial charge is 0.497 e. The maximum atomic E-state index is 13.1. The van der Waals surface area contributed by atoms with Gasteiger partial charge in [-0.25, -0.2) is 4.98 Å². The summed E-state index contributed by atoms with van der Waals surface area (Å²) < 4.78 is 6.24. The van der Waals surface area contributed by atoms with E-state index in [1.54, 1.807) is 55.6 Å². The number of carbonyl (C=O) groups excluding carboxylic acids is 2. The van der Waals surface area contributed by atoms with Crippen molar-refractivity contribution in [3.8, 4) is 5.75 Å². The highest BCUT2D eigenvalue weighted by atomic mass is 32.2. The van der Waals surface area contributed by atoms with Gasteiger partial charge in [0.2, 0.25) is 5.91 Å². The van der Waals surface area contributed by atoms with E-state index in [4.69, 9.17) is 4.74 Å². The van der Waals surface area contributed by atoms with Crippen molar-refractivity contribution in [3.63, 3.8) is 0 Å². The van der Waals surface area contributed by atoms with Gasteiger partial charge in [-0.1, -0.05) is 23.9 Å². The number of ether oxygens (including phenoxy) is 1. The highest BCUT2D eigenvalue weighted by Crippen LogP contribution is 2.19. The minimum Gasteiger partial charge on any atom is -0.497 e. The zero-order valence-corrected chi connectivity index (χ0v) is 17.9. The van der Waals surface area contributed by atoms with E-state index in [0.29, 0.717) is 22.2 Å². The second-order valence-electron chi connectivity index (χ2n) is 7.10. The fourth-order valence-corrected chi connectivity index (χ4v) is 4.26. The van der Waals surface area contributed by atoms with Crippen LogP contribution >= 0.6 is 11.8 Å². The highest BCUT2D eigenvalue weighted by Gasteiger charge is 2.20. The first-order valence-electron chi connectivity index (χ1n) is 9.94. The minimum atomic E-state index is -0.463. The summed E-state index contributed by atoms with van der Waals surface area (Å²) in [5.74, 6) is 0.300. The van der Waals surface area contributed by atoms with Gasteiger partial charge in [-0.15, -0.1) is 0 Å². The summed E-state index contributed by atoms with van der Waals surface area (Å²) in [5.41, 5.74) is 3.11. The van der Waals surface area contributed by atoms with Gasteiger partial charge in [-0.2, -0.15) is 4.68 Å². The fourth-order valence-electron chi connectivity index (χ4n) is 3.40. The number of carbonyl (C=O) groups is 2. The molecule has 0 aliphatic carbocycles. The number of hydrogen-bond acceptors (Lipinski definition) is 6. The summed E-state index contributed by atoms with van der Waals surface area (Å²) in [6.45, 7) is 1.51. The van der Waals surface area contributed by atoms with Crippen LogP contribution < -0.4 is 15.7 Å². The van der Waals surface area contributed by atoms with Crippen molar-refractivity contribution in [2.24, 2.45) is 0 Å². The van der Waals surface area contributed by atoms with Gasteiger partial charge in [-0.3, -0.25) is 19.8 Å². The summed E-state index contributed by atoms with van der Waals surface area (Å²) in [4.78, 5) is 44.7. The van der Waals surface area contributed by atoms with Crippen molar-refractivity contribution in [3.05, 3.63) is 64.4 Å². The fraction of sp³-hybridized carbons (Fsp3) is 0.273. The zero-order chi connectivity index (χ0) is 21.8. The van der Waals surface area contributed by atoms with Crippen LogP contribution in [0, 0.1) is 0 Å². The van der Waals surface area contributed by atoms with E-state index in [0.717, 1.165) is 42.4 Å². The predicted octanol–water partition coefficient (Wildman–Crippen LogP) is 2.50. The van der Waals surface area contributed by atoms with Crippen molar-refractivity contribution < 1.29 is 14.3 Å². The number of fused-ring (bicyclic) bond motifs is 1. The quantitative estimate of drug-likeness (QED) is 0.470. The van der Waals surface area contributed by atoms with Crippen LogP contribution in [0.2, 0.25) is 0 Å². The van der Waals surface area contributed by atoms with E-state index in [2.05, 4.69) is 10.4 Å². The van der Waals surface area contributed by atoms with E-state index in [1.165, 1.54) is 0 Å². The molecule has 0 atom stereocenters. The number of nitrogens with zero attached hydrogens (tertiary/aromatic N) is 3. The Balaban J connectivity index is 1.63. The number of thioether (sulfide) groups is 1. The molecule has 1 saturated heterocycles. The molecule has 0 unspecified atom stereocenters. The van der Waals surface area contributed by atoms with E-state index in [1.807, 2.05) is 4.90 Å². The van der Waals surface area contributed by atoms with Crippen LogP contribution in [0.5, 0.6) is 5.75 Å². The summed E-state index contributed by atoms with van der Waals surface area (Å²) in [6, 6.07) is 13.5. The average Bonchev–Trinajstić information content (AvgIpc) is 3.35. The molecular weight excluding hydrogens is 416 g/mol. The number of nitrogens with one attached hydrogen (secondary N) is 1. The smallest absolute Gasteiger partial charge is 0.281 e. The second-order valence-corrected chi connectivity index (χ2v) is 8.04. The molecule has 9 heteroatoms. The van der Waals surface area contributed by atoms with Gasteiger partial charge in [0.15, 0.2) is 5.16 Å². The number of methoxy groups -OCH3 is 1. The van der Waals surface area contributed by atoms with Crippen molar-refractivity contribution in [2.75, 3.05) is 31.4 Å². The third-order valence-corrected chi connectivity index (χ3v) is 6.02. The molecule has 3 aromatic rings. The van der Waals surface area contributed by atoms with Gasteiger partial charge in [0.25, 0.3) is 11.5 Å². The Bertz CT molecular complexity index is 1170. The number of benzene rings is 2. The molecule has 0 bridgehead atoms. The van der Waals surface area contributed by atoms with Crippen molar-refractivity contribution in [1.82, 2.24) is 14.6 Å². The van der Waals surface area contributed by atoms with Crippen LogP contribution in [-0.4, -0.2) is 52.3 Å². The molecule has 1 aliphatic rings. The number of likely N-dealkylation sites (tertiary alicyclic amines) is 1. The molecule has 2 aromatic carbocycles. The molecule has 0 radical (unpaired) electrons. The molecule has 160 valence electrons. The molecular formula is C22H22N4O4S. The van der Waals surface area contributed by atoms with Gasteiger partial charge >= 0.3 is 0 Å². The first-order valence-corrected chi connectivity index (χ1v) is 10.9. The Hall–Kier alpha value is -3.33. The molecule has 0 saturated carbocycles. The third kappa shape index (κ3) is 4.56. The standard InChI is InChI=1S/C22H22N4O4S/c1-30-16-10-8-15(9-11-16)20(28)24-26-21(29)17-6-2-3-7-18(17)23-22(26)31-14-19(27)25-12-4-5-13-25/h2-3,6-11H,4-5,12-14H2,1H3,(H,24,28). The highest BCUT2D eigenvalue weighted by molar-refractivity contribution is 7.99. The van der Waals surface area contributed by atoms with Gasteiger partial charge in [-0.05, 0) is 49.2 Å². The maximum Gasteiger partial charge on any atom is 0.281 e. The Morgan fingerprint density at radius 1 is 1.10 bits per heavy atom. The average molecular weight is 439 g/mol.